The van der Waals surface area contributed by atoms with Gasteiger partial charge in [-0.2, -0.15) is 0 Å². The zero-order valence-electron chi connectivity index (χ0n) is 11.6. The van der Waals surface area contributed by atoms with E-state index in [1.54, 1.807) is 0 Å². The van der Waals surface area contributed by atoms with E-state index in [1.165, 1.54) is 6.92 Å². The second-order valence-electron chi connectivity index (χ2n) is 4.68. The highest BCUT2D eigenvalue weighted by Gasteiger charge is 2.01. The standard InChI is InChI=1S/C14H21N3O2/c1-10(2)16-14(19)15-9-8-12-4-6-13(7-5-12)17-11(3)18/h4-7,10H,8-9H2,1-3H3,(H,17,18)(H2,15,16,19). The van der Waals surface area contributed by atoms with Crippen LogP contribution in [-0.4, -0.2) is 24.5 Å². The Labute approximate surface area is 113 Å². The summed E-state index contributed by atoms with van der Waals surface area (Å²) >= 11 is 0. The van der Waals surface area contributed by atoms with Crippen molar-refractivity contribution in [2.24, 2.45) is 0 Å². The van der Waals surface area contributed by atoms with Gasteiger partial charge in [0, 0.05) is 25.2 Å². The molecule has 0 saturated carbocycles. The maximum Gasteiger partial charge on any atom is 0.314 e. The van der Waals surface area contributed by atoms with E-state index in [1.807, 2.05) is 38.1 Å². The third-order valence-corrected chi connectivity index (χ3v) is 2.39. The highest BCUT2D eigenvalue weighted by Crippen LogP contribution is 2.09. The minimum Gasteiger partial charge on any atom is -0.338 e. The Bertz CT molecular complexity index is 427. The lowest BCUT2D eigenvalue weighted by Gasteiger charge is -2.10. The van der Waals surface area contributed by atoms with Gasteiger partial charge in [-0.1, -0.05) is 12.1 Å². The summed E-state index contributed by atoms with van der Waals surface area (Å²) < 4.78 is 0. The van der Waals surface area contributed by atoms with Gasteiger partial charge in [0.25, 0.3) is 0 Å². The number of benzene rings is 1. The van der Waals surface area contributed by atoms with Crippen LogP contribution in [0.1, 0.15) is 26.3 Å². The quantitative estimate of drug-likeness (QED) is 0.759. The second kappa shape index (κ2) is 7.41. The molecule has 0 heterocycles. The SMILES string of the molecule is CC(=O)Nc1ccc(CCNC(=O)NC(C)C)cc1. The number of rotatable bonds is 5. The Morgan fingerprint density at radius 2 is 1.79 bits per heavy atom. The summed E-state index contributed by atoms with van der Waals surface area (Å²) in [4.78, 5) is 22.2. The van der Waals surface area contributed by atoms with Crippen LogP contribution in [0.5, 0.6) is 0 Å². The Balaban J connectivity index is 2.34. The number of urea groups is 1. The first-order valence-corrected chi connectivity index (χ1v) is 6.38. The lowest BCUT2D eigenvalue weighted by molar-refractivity contribution is -0.114. The van der Waals surface area contributed by atoms with Crippen molar-refractivity contribution in [1.82, 2.24) is 10.6 Å². The van der Waals surface area contributed by atoms with Gasteiger partial charge in [-0.3, -0.25) is 4.79 Å². The summed E-state index contributed by atoms with van der Waals surface area (Å²) in [5.74, 6) is -0.0835. The molecule has 1 aromatic rings. The molecular formula is C14H21N3O2. The van der Waals surface area contributed by atoms with Gasteiger partial charge in [0.2, 0.25) is 5.91 Å². The lowest BCUT2D eigenvalue weighted by Crippen LogP contribution is -2.40. The smallest absolute Gasteiger partial charge is 0.314 e. The number of carbonyl (C=O) groups excluding carboxylic acids is 2. The number of nitrogens with one attached hydrogen (secondary N) is 3. The molecule has 1 rings (SSSR count). The van der Waals surface area contributed by atoms with E-state index in [4.69, 9.17) is 0 Å². The van der Waals surface area contributed by atoms with Gasteiger partial charge in [-0.15, -0.1) is 0 Å². The second-order valence-corrected chi connectivity index (χ2v) is 4.68. The van der Waals surface area contributed by atoms with Crippen molar-refractivity contribution in [3.05, 3.63) is 29.8 Å². The molecule has 3 amide bonds. The minimum atomic E-state index is -0.148. The van der Waals surface area contributed by atoms with Gasteiger partial charge in [-0.05, 0) is 38.0 Å². The molecule has 5 heteroatoms. The normalized spacial score (nSPS) is 10.1. The van der Waals surface area contributed by atoms with Crippen LogP contribution in [0, 0.1) is 0 Å². The van der Waals surface area contributed by atoms with Crippen molar-refractivity contribution in [3.8, 4) is 0 Å². The summed E-state index contributed by atoms with van der Waals surface area (Å²) in [6.07, 6.45) is 0.756. The van der Waals surface area contributed by atoms with Crippen molar-refractivity contribution in [2.75, 3.05) is 11.9 Å². The fraction of sp³-hybridized carbons (Fsp3) is 0.429. The topological polar surface area (TPSA) is 70.2 Å². The van der Waals surface area contributed by atoms with Crippen molar-refractivity contribution in [3.63, 3.8) is 0 Å². The van der Waals surface area contributed by atoms with Crippen LogP contribution < -0.4 is 16.0 Å². The van der Waals surface area contributed by atoms with Gasteiger partial charge >= 0.3 is 6.03 Å². The molecule has 3 N–H and O–H groups in total. The van der Waals surface area contributed by atoms with Crippen LogP contribution in [-0.2, 0) is 11.2 Å². The van der Waals surface area contributed by atoms with Gasteiger partial charge in [0.1, 0.15) is 0 Å². The van der Waals surface area contributed by atoms with E-state index in [0.29, 0.717) is 6.54 Å². The van der Waals surface area contributed by atoms with Gasteiger partial charge in [0.15, 0.2) is 0 Å². The maximum absolute atomic E-state index is 11.3. The molecule has 0 bridgehead atoms. The molecule has 0 aliphatic heterocycles. The van der Waals surface area contributed by atoms with Gasteiger partial charge < -0.3 is 16.0 Å². The number of anilines is 1. The highest BCUT2D eigenvalue weighted by atomic mass is 16.2. The molecular weight excluding hydrogens is 242 g/mol. The van der Waals surface area contributed by atoms with Crippen LogP contribution in [0.15, 0.2) is 24.3 Å². The average Bonchev–Trinajstić information content (AvgIpc) is 2.29. The molecule has 0 aliphatic carbocycles. The van der Waals surface area contributed by atoms with Crippen LogP contribution in [0.3, 0.4) is 0 Å². The van der Waals surface area contributed by atoms with Crippen molar-refractivity contribution < 1.29 is 9.59 Å². The number of carbonyl (C=O) groups is 2. The Morgan fingerprint density at radius 1 is 1.16 bits per heavy atom. The molecule has 0 spiro atoms. The predicted octanol–water partition coefficient (Wildman–Crippen LogP) is 1.90. The average molecular weight is 263 g/mol. The van der Waals surface area contributed by atoms with E-state index in [0.717, 1.165) is 17.7 Å². The molecule has 1 aromatic carbocycles. The molecule has 0 atom stereocenters. The van der Waals surface area contributed by atoms with E-state index in [2.05, 4.69) is 16.0 Å². The van der Waals surface area contributed by atoms with Crippen LogP contribution in [0.4, 0.5) is 10.5 Å². The summed E-state index contributed by atoms with van der Waals surface area (Å²) in [5.41, 5.74) is 1.89. The van der Waals surface area contributed by atoms with Crippen molar-refractivity contribution in [2.45, 2.75) is 33.2 Å². The summed E-state index contributed by atoms with van der Waals surface area (Å²) in [6, 6.07) is 7.57. The first kappa shape index (κ1) is 15.0. The predicted molar refractivity (Wildman–Crippen MR) is 76.1 cm³/mol. The third kappa shape index (κ3) is 6.45. The van der Waals surface area contributed by atoms with Gasteiger partial charge in [0.05, 0.1) is 0 Å². The molecule has 5 nitrogen and oxygen atoms in total. The van der Waals surface area contributed by atoms with Crippen LogP contribution in [0.2, 0.25) is 0 Å². The largest absolute Gasteiger partial charge is 0.338 e. The van der Waals surface area contributed by atoms with Crippen LogP contribution >= 0.6 is 0 Å². The molecule has 0 saturated heterocycles. The first-order valence-electron chi connectivity index (χ1n) is 6.38. The molecule has 0 fully saturated rings. The fourth-order valence-corrected chi connectivity index (χ4v) is 1.59. The lowest BCUT2D eigenvalue weighted by atomic mass is 10.1. The number of hydrogen-bond donors (Lipinski definition) is 3. The number of amides is 3. The molecule has 0 aliphatic rings. The Kier molecular flexibility index (Phi) is 5.85. The fourth-order valence-electron chi connectivity index (χ4n) is 1.59. The zero-order chi connectivity index (χ0) is 14.3. The van der Waals surface area contributed by atoms with Crippen molar-refractivity contribution >= 4 is 17.6 Å². The molecule has 104 valence electrons. The van der Waals surface area contributed by atoms with Crippen LogP contribution in [0.25, 0.3) is 0 Å². The Morgan fingerprint density at radius 3 is 2.32 bits per heavy atom. The summed E-state index contributed by atoms with van der Waals surface area (Å²) in [5, 5.41) is 8.26. The zero-order valence-corrected chi connectivity index (χ0v) is 11.6. The van der Waals surface area contributed by atoms with E-state index >= 15 is 0 Å². The monoisotopic (exact) mass is 263 g/mol. The van der Waals surface area contributed by atoms with E-state index in [-0.39, 0.29) is 18.0 Å². The molecule has 19 heavy (non-hydrogen) atoms. The summed E-state index contributed by atoms with van der Waals surface area (Å²) in [6.45, 7) is 5.89. The molecule has 0 unspecified atom stereocenters. The third-order valence-electron chi connectivity index (χ3n) is 2.39. The maximum atomic E-state index is 11.3. The molecule has 0 aromatic heterocycles. The first-order chi connectivity index (χ1) is 8.97. The van der Waals surface area contributed by atoms with E-state index in [9.17, 15) is 9.59 Å². The summed E-state index contributed by atoms with van der Waals surface area (Å²) in [7, 11) is 0. The number of hydrogen-bond acceptors (Lipinski definition) is 2. The molecule has 0 radical (unpaired) electrons. The highest BCUT2D eigenvalue weighted by molar-refractivity contribution is 5.88. The van der Waals surface area contributed by atoms with Gasteiger partial charge in [-0.25, -0.2) is 4.79 Å². The minimum absolute atomic E-state index is 0.0835. The van der Waals surface area contributed by atoms with Crippen molar-refractivity contribution in [1.29, 1.82) is 0 Å². The Hall–Kier alpha value is -2.04. The van der Waals surface area contributed by atoms with E-state index < -0.39 is 0 Å².